The Bertz CT molecular complexity index is 234. The maximum atomic E-state index is 12.8. The number of pyridine rings is 1. The van der Waals surface area contributed by atoms with Gasteiger partial charge in [0.05, 0.1) is 17.3 Å². The Hall–Kier alpha value is -0.640. The van der Waals surface area contributed by atoms with Crippen LogP contribution in [-0.2, 0) is 0 Å². The van der Waals surface area contributed by atoms with Crippen molar-refractivity contribution in [1.82, 2.24) is 4.98 Å². The second kappa shape index (κ2) is 3.67. The molecule has 1 aromatic rings. The molecule has 0 aliphatic carbocycles. The van der Waals surface area contributed by atoms with Crippen LogP contribution >= 0.6 is 15.9 Å². The van der Waals surface area contributed by atoms with Gasteiger partial charge in [0, 0.05) is 6.20 Å². The van der Waals surface area contributed by atoms with Gasteiger partial charge in [-0.25, -0.2) is 4.39 Å². The van der Waals surface area contributed by atoms with Gasteiger partial charge in [0.2, 0.25) is 0 Å². The lowest BCUT2D eigenvalue weighted by atomic mass is 10.4. The molecule has 1 rings (SSSR count). The summed E-state index contributed by atoms with van der Waals surface area (Å²) in [5, 5.41) is 0. The van der Waals surface area contributed by atoms with Crippen molar-refractivity contribution in [2.24, 2.45) is 0 Å². The molecule has 0 spiro atoms. The second-order valence-corrected chi connectivity index (χ2v) is 2.72. The topological polar surface area (TPSA) is 22.1 Å². The Morgan fingerprint density at radius 2 is 2.36 bits per heavy atom. The molecule has 0 aliphatic heterocycles. The van der Waals surface area contributed by atoms with Crippen LogP contribution in [0.2, 0.25) is 0 Å². The maximum absolute atomic E-state index is 12.8. The molecule has 0 N–H and O–H groups in total. The first kappa shape index (κ1) is 8.46. The van der Waals surface area contributed by atoms with Crippen LogP contribution in [0.5, 0.6) is 5.75 Å². The number of ether oxygens (including phenoxy) is 1. The van der Waals surface area contributed by atoms with Gasteiger partial charge in [-0.15, -0.1) is 0 Å². The molecule has 0 aromatic carbocycles. The zero-order valence-electron chi connectivity index (χ0n) is 5.97. The molecule has 0 bridgehead atoms. The van der Waals surface area contributed by atoms with Crippen LogP contribution in [0.25, 0.3) is 0 Å². The van der Waals surface area contributed by atoms with Crippen molar-refractivity contribution in [1.29, 1.82) is 0 Å². The van der Waals surface area contributed by atoms with Gasteiger partial charge >= 0.3 is 0 Å². The number of hydrogen-bond acceptors (Lipinski definition) is 2. The first-order valence-electron chi connectivity index (χ1n) is 3.17. The van der Waals surface area contributed by atoms with Crippen LogP contribution < -0.4 is 4.74 Å². The van der Waals surface area contributed by atoms with E-state index in [9.17, 15) is 4.39 Å². The molecular weight excluding hydrogens is 213 g/mol. The molecule has 1 heterocycles. The molecule has 0 aliphatic rings. The molecule has 0 saturated carbocycles. The molecule has 1 aromatic heterocycles. The van der Waals surface area contributed by atoms with Crippen molar-refractivity contribution in [3.8, 4) is 5.75 Å². The second-order valence-electron chi connectivity index (χ2n) is 1.87. The van der Waals surface area contributed by atoms with E-state index < -0.39 is 5.82 Å². The van der Waals surface area contributed by atoms with Crippen molar-refractivity contribution in [3.05, 3.63) is 22.7 Å². The lowest BCUT2D eigenvalue weighted by Gasteiger charge is -2.04. The largest absolute Gasteiger partial charge is 0.489 e. The highest BCUT2D eigenvalue weighted by Crippen LogP contribution is 2.26. The first-order valence-corrected chi connectivity index (χ1v) is 3.96. The fraction of sp³-hybridized carbons (Fsp3) is 0.286. The molecule has 60 valence electrons. The summed E-state index contributed by atoms with van der Waals surface area (Å²) in [4.78, 5) is 3.62. The van der Waals surface area contributed by atoms with E-state index >= 15 is 0 Å². The standard InChI is InChI=1S/C7H7BrFNO/c1-2-11-7-5(8)3-10-4-6(7)9/h3-4H,2H2,1H3. The molecule has 0 amide bonds. The summed E-state index contributed by atoms with van der Waals surface area (Å²) in [6.45, 7) is 2.24. The quantitative estimate of drug-likeness (QED) is 0.763. The normalized spacial score (nSPS) is 9.73. The Morgan fingerprint density at radius 1 is 1.64 bits per heavy atom. The van der Waals surface area contributed by atoms with Crippen LogP contribution in [0.15, 0.2) is 16.9 Å². The molecule has 2 nitrogen and oxygen atoms in total. The third-order valence-corrected chi connectivity index (χ3v) is 1.66. The maximum Gasteiger partial charge on any atom is 0.184 e. The highest BCUT2D eigenvalue weighted by molar-refractivity contribution is 9.10. The van der Waals surface area contributed by atoms with Crippen molar-refractivity contribution in [2.45, 2.75) is 6.92 Å². The van der Waals surface area contributed by atoms with Gasteiger partial charge in [-0.2, -0.15) is 0 Å². The van der Waals surface area contributed by atoms with Gasteiger partial charge in [-0.05, 0) is 22.9 Å². The molecule has 0 unspecified atom stereocenters. The highest BCUT2D eigenvalue weighted by atomic mass is 79.9. The SMILES string of the molecule is CCOc1c(F)cncc1Br. The number of halogens is 2. The molecule has 0 fully saturated rings. The Morgan fingerprint density at radius 3 is 2.91 bits per heavy atom. The number of aromatic nitrogens is 1. The first-order chi connectivity index (χ1) is 5.25. The molecule has 0 atom stereocenters. The summed E-state index contributed by atoms with van der Waals surface area (Å²) in [6, 6.07) is 0. The number of rotatable bonds is 2. The summed E-state index contributed by atoms with van der Waals surface area (Å²) in [5.41, 5.74) is 0. The van der Waals surface area contributed by atoms with Gasteiger partial charge in [0.1, 0.15) is 0 Å². The van der Waals surface area contributed by atoms with Gasteiger partial charge in [0.25, 0.3) is 0 Å². The summed E-state index contributed by atoms with van der Waals surface area (Å²) >= 11 is 3.12. The Balaban J connectivity index is 3.00. The summed E-state index contributed by atoms with van der Waals surface area (Å²) in [5.74, 6) is -0.219. The number of nitrogens with zero attached hydrogens (tertiary/aromatic N) is 1. The van der Waals surface area contributed by atoms with Gasteiger partial charge in [-0.3, -0.25) is 4.98 Å². The molecule has 0 saturated heterocycles. The summed E-state index contributed by atoms with van der Waals surface area (Å²) in [7, 11) is 0. The van der Waals surface area contributed by atoms with Crippen LogP contribution in [0.3, 0.4) is 0 Å². The molecular formula is C7H7BrFNO. The Kier molecular flexibility index (Phi) is 2.82. The van der Waals surface area contributed by atoms with E-state index in [0.29, 0.717) is 11.1 Å². The third kappa shape index (κ3) is 1.89. The summed E-state index contributed by atoms with van der Waals surface area (Å²) in [6.07, 6.45) is 2.61. The minimum atomic E-state index is -0.443. The van der Waals surface area contributed by atoms with E-state index in [-0.39, 0.29) is 5.75 Å². The van der Waals surface area contributed by atoms with Gasteiger partial charge < -0.3 is 4.74 Å². The third-order valence-electron chi connectivity index (χ3n) is 1.10. The zero-order valence-corrected chi connectivity index (χ0v) is 7.56. The van der Waals surface area contributed by atoms with Crippen LogP contribution in [0.4, 0.5) is 4.39 Å². The Labute approximate surface area is 72.5 Å². The predicted molar refractivity (Wildman–Crippen MR) is 43.1 cm³/mol. The van der Waals surface area contributed by atoms with Crippen molar-refractivity contribution < 1.29 is 9.13 Å². The van der Waals surface area contributed by atoms with Gasteiger partial charge in [0.15, 0.2) is 11.6 Å². The van der Waals surface area contributed by atoms with E-state index in [1.165, 1.54) is 6.20 Å². The minimum absolute atomic E-state index is 0.225. The fourth-order valence-corrected chi connectivity index (χ4v) is 1.10. The van der Waals surface area contributed by atoms with E-state index in [1.54, 1.807) is 6.92 Å². The monoisotopic (exact) mass is 219 g/mol. The fourth-order valence-electron chi connectivity index (χ4n) is 0.682. The summed E-state index contributed by atoms with van der Waals surface area (Å²) < 4.78 is 18.4. The van der Waals surface area contributed by atoms with E-state index in [4.69, 9.17) is 4.74 Å². The smallest absolute Gasteiger partial charge is 0.184 e. The highest BCUT2D eigenvalue weighted by Gasteiger charge is 2.06. The van der Waals surface area contributed by atoms with E-state index in [1.807, 2.05) is 0 Å². The van der Waals surface area contributed by atoms with Crippen LogP contribution in [0, 0.1) is 5.82 Å². The van der Waals surface area contributed by atoms with Crippen LogP contribution in [-0.4, -0.2) is 11.6 Å². The lowest BCUT2D eigenvalue weighted by molar-refractivity contribution is 0.318. The molecule has 11 heavy (non-hydrogen) atoms. The van der Waals surface area contributed by atoms with Gasteiger partial charge in [-0.1, -0.05) is 0 Å². The minimum Gasteiger partial charge on any atom is -0.489 e. The molecule has 4 heteroatoms. The zero-order chi connectivity index (χ0) is 8.27. The molecule has 0 radical (unpaired) electrons. The average Bonchev–Trinajstić information content (AvgIpc) is 1.97. The van der Waals surface area contributed by atoms with E-state index in [2.05, 4.69) is 20.9 Å². The predicted octanol–water partition coefficient (Wildman–Crippen LogP) is 2.38. The van der Waals surface area contributed by atoms with Crippen molar-refractivity contribution >= 4 is 15.9 Å². The number of hydrogen-bond donors (Lipinski definition) is 0. The van der Waals surface area contributed by atoms with Crippen molar-refractivity contribution in [2.75, 3.05) is 6.61 Å². The van der Waals surface area contributed by atoms with E-state index in [0.717, 1.165) is 6.20 Å². The average molecular weight is 220 g/mol. The lowest BCUT2D eigenvalue weighted by Crippen LogP contribution is -1.95. The van der Waals surface area contributed by atoms with Crippen LogP contribution in [0.1, 0.15) is 6.92 Å². The van der Waals surface area contributed by atoms with Crippen molar-refractivity contribution in [3.63, 3.8) is 0 Å².